The molecule has 0 saturated carbocycles. The highest BCUT2D eigenvalue weighted by Crippen LogP contribution is 2.35. The van der Waals surface area contributed by atoms with Gasteiger partial charge >= 0.3 is 0 Å². The van der Waals surface area contributed by atoms with Gasteiger partial charge in [0, 0.05) is 24.6 Å². The third-order valence-corrected chi connectivity index (χ3v) is 3.63. The molecule has 2 rings (SSSR count). The fourth-order valence-electron chi connectivity index (χ4n) is 2.63. The van der Waals surface area contributed by atoms with E-state index in [0.29, 0.717) is 17.4 Å². The lowest BCUT2D eigenvalue weighted by molar-refractivity contribution is 0.0873. The SMILES string of the molecule is Cc1ccc(F)c(C2OCCC2CNCC(C)C)c1. The minimum atomic E-state index is -0.147. The van der Waals surface area contributed by atoms with Gasteiger partial charge in [0.25, 0.3) is 0 Å². The van der Waals surface area contributed by atoms with E-state index in [1.54, 1.807) is 12.1 Å². The van der Waals surface area contributed by atoms with Crippen LogP contribution >= 0.6 is 0 Å². The summed E-state index contributed by atoms with van der Waals surface area (Å²) >= 11 is 0. The summed E-state index contributed by atoms with van der Waals surface area (Å²) in [6.45, 7) is 9.00. The lowest BCUT2D eigenvalue weighted by Crippen LogP contribution is -2.28. The Morgan fingerprint density at radius 3 is 2.95 bits per heavy atom. The zero-order chi connectivity index (χ0) is 13.8. The van der Waals surface area contributed by atoms with Crippen LogP contribution in [0, 0.1) is 24.6 Å². The summed E-state index contributed by atoms with van der Waals surface area (Å²) in [6.07, 6.45) is 0.905. The Kier molecular flexibility index (Phi) is 4.94. The van der Waals surface area contributed by atoms with E-state index < -0.39 is 0 Å². The first kappa shape index (κ1) is 14.5. The topological polar surface area (TPSA) is 21.3 Å². The fraction of sp³-hybridized carbons (Fsp3) is 0.625. The number of hydrogen-bond donors (Lipinski definition) is 1. The van der Waals surface area contributed by atoms with Crippen molar-refractivity contribution < 1.29 is 9.13 Å². The smallest absolute Gasteiger partial charge is 0.129 e. The van der Waals surface area contributed by atoms with Crippen LogP contribution in [-0.2, 0) is 4.74 Å². The largest absolute Gasteiger partial charge is 0.373 e. The Balaban J connectivity index is 2.03. The molecule has 2 nitrogen and oxygen atoms in total. The minimum absolute atomic E-state index is 0.0976. The van der Waals surface area contributed by atoms with Gasteiger partial charge in [-0.2, -0.15) is 0 Å². The minimum Gasteiger partial charge on any atom is -0.373 e. The van der Waals surface area contributed by atoms with Crippen molar-refractivity contribution in [3.8, 4) is 0 Å². The van der Waals surface area contributed by atoms with Crippen molar-refractivity contribution in [3.63, 3.8) is 0 Å². The van der Waals surface area contributed by atoms with E-state index in [9.17, 15) is 4.39 Å². The Labute approximate surface area is 115 Å². The predicted octanol–water partition coefficient (Wildman–Crippen LogP) is 3.46. The standard InChI is InChI=1S/C16H24FNO/c1-11(2)9-18-10-13-6-7-19-16(13)14-8-12(3)4-5-15(14)17/h4-5,8,11,13,16,18H,6-7,9-10H2,1-3H3. The molecule has 19 heavy (non-hydrogen) atoms. The second-order valence-corrected chi connectivity index (χ2v) is 5.92. The summed E-state index contributed by atoms with van der Waals surface area (Å²) in [7, 11) is 0. The van der Waals surface area contributed by atoms with Crippen LogP contribution in [-0.4, -0.2) is 19.7 Å². The maximum absolute atomic E-state index is 13.9. The number of benzene rings is 1. The monoisotopic (exact) mass is 265 g/mol. The number of aryl methyl sites for hydroxylation is 1. The molecule has 1 N–H and O–H groups in total. The summed E-state index contributed by atoms with van der Waals surface area (Å²) in [5.41, 5.74) is 1.80. The summed E-state index contributed by atoms with van der Waals surface area (Å²) < 4.78 is 19.7. The van der Waals surface area contributed by atoms with Gasteiger partial charge in [-0.1, -0.05) is 31.5 Å². The first-order valence-electron chi connectivity index (χ1n) is 7.16. The lowest BCUT2D eigenvalue weighted by Gasteiger charge is -2.21. The number of hydrogen-bond acceptors (Lipinski definition) is 2. The van der Waals surface area contributed by atoms with Gasteiger partial charge in [-0.3, -0.25) is 0 Å². The van der Waals surface area contributed by atoms with Crippen molar-refractivity contribution in [1.82, 2.24) is 5.32 Å². The van der Waals surface area contributed by atoms with Gasteiger partial charge in [-0.05, 0) is 31.9 Å². The molecule has 106 valence electrons. The first-order chi connectivity index (χ1) is 9.08. The normalized spacial score (nSPS) is 23.2. The summed E-state index contributed by atoms with van der Waals surface area (Å²) in [6, 6.07) is 5.27. The van der Waals surface area contributed by atoms with Crippen LogP contribution < -0.4 is 5.32 Å². The zero-order valence-electron chi connectivity index (χ0n) is 12.1. The fourth-order valence-corrected chi connectivity index (χ4v) is 2.63. The Hall–Kier alpha value is -0.930. The summed E-state index contributed by atoms with van der Waals surface area (Å²) in [4.78, 5) is 0. The molecule has 0 aromatic heterocycles. The van der Waals surface area contributed by atoms with E-state index in [1.165, 1.54) is 0 Å². The molecule has 0 aliphatic carbocycles. The Bertz CT molecular complexity index is 419. The molecule has 0 bridgehead atoms. The molecular weight excluding hydrogens is 241 g/mol. The molecule has 0 amide bonds. The van der Waals surface area contributed by atoms with Crippen LogP contribution in [0.1, 0.15) is 37.5 Å². The van der Waals surface area contributed by atoms with Gasteiger partial charge in [-0.15, -0.1) is 0 Å². The van der Waals surface area contributed by atoms with Gasteiger partial charge in [0.15, 0.2) is 0 Å². The molecule has 1 aromatic carbocycles. The highest BCUT2D eigenvalue weighted by molar-refractivity contribution is 5.27. The molecule has 3 heteroatoms. The van der Waals surface area contributed by atoms with Gasteiger partial charge in [-0.25, -0.2) is 4.39 Å². The molecule has 2 atom stereocenters. The van der Waals surface area contributed by atoms with Gasteiger partial charge in [0.05, 0.1) is 6.10 Å². The van der Waals surface area contributed by atoms with Crippen LogP contribution in [0.5, 0.6) is 0 Å². The van der Waals surface area contributed by atoms with Crippen molar-refractivity contribution in [3.05, 3.63) is 35.1 Å². The second-order valence-electron chi connectivity index (χ2n) is 5.92. The van der Waals surface area contributed by atoms with E-state index in [1.807, 2.05) is 13.0 Å². The molecular formula is C16H24FNO. The number of ether oxygens (including phenoxy) is 1. The Morgan fingerprint density at radius 1 is 1.42 bits per heavy atom. The maximum Gasteiger partial charge on any atom is 0.129 e. The lowest BCUT2D eigenvalue weighted by atomic mass is 9.94. The van der Waals surface area contributed by atoms with Gasteiger partial charge in [0.2, 0.25) is 0 Å². The average Bonchev–Trinajstić information content (AvgIpc) is 2.80. The molecule has 1 aliphatic heterocycles. The molecule has 1 aromatic rings. The first-order valence-corrected chi connectivity index (χ1v) is 7.16. The quantitative estimate of drug-likeness (QED) is 0.880. The maximum atomic E-state index is 13.9. The Morgan fingerprint density at radius 2 is 2.21 bits per heavy atom. The molecule has 1 heterocycles. The average molecular weight is 265 g/mol. The van der Waals surface area contributed by atoms with Crippen molar-refractivity contribution in [2.24, 2.45) is 11.8 Å². The van der Waals surface area contributed by atoms with E-state index in [0.717, 1.165) is 31.7 Å². The van der Waals surface area contributed by atoms with E-state index >= 15 is 0 Å². The molecule has 1 saturated heterocycles. The number of halogens is 1. The summed E-state index contributed by atoms with van der Waals surface area (Å²) in [5.74, 6) is 0.859. The second kappa shape index (κ2) is 6.49. The third kappa shape index (κ3) is 3.77. The highest BCUT2D eigenvalue weighted by Gasteiger charge is 2.31. The molecule has 0 spiro atoms. The number of rotatable bonds is 5. The molecule has 2 unspecified atom stereocenters. The van der Waals surface area contributed by atoms with Gasteiger partial charge in [0.1, 0.15) is 5.82 Å². The number of nitrogens with one attached hydrogen (secondary N) is 1. The van der Waals surface area contributed by atoms with Crippen LogP contribution in [0.4, 0.5) is 4.39 Å². The highest BCUT2D eigenvalue weighted by atomic mass is 19.1. The van der Waals surface area contributed by atoms with Crippen LogP contribution in [0.2, 0.25) is 0 Å². The van der Waals surface area contributed by atoms with Crippen molar-refractivity contribution >= 4 is 0 Å². The molecule has 1 aliphatic rings. The van der Waals surface area contributed by atoms with Crippen LogP contribution in [0.3, 0.4) is 0 Å². The van der Waals surface area contributed by atoms with Gasteiger partial charge < -0.3 is 10.1 Å². The predicted molar refractivity (Wildman–Crippen MR) is 75.6 cm³/mol. The summed E-state index contributed by atoms with van der Waals surface area (Å²) in [5, 5.41) is 3.46. The van der Waals surface area contributed by atoms with Crippen molar-refractivity contribution in [1.29, 1.82) is 0 Å². The van der Waals surface area contributed by atoms with E-state index in [-0.39, 0.29) is 11.9 Å². The zero-order valence-corrected chi connectivity index (χ0v) is 12.1. The van der Waals surface area contributed by atoms with Crippen LogP contribution in [0.15, 0.2) is 18.2 Å². The van der Waals surface area contributed by atoms with Crippen LogP contribution in [0.25, 0.3) is 0 Å². The molecule has 1 fully saturated rings. The van der Waals surface area contributed by atoms with Crippen molar-refractivity contribution in [2.45, 2.75) is 33.3 Å². The van der Waals surface area contributed by atoms with E-state index in [4.69, 9.17) is 4.74 Å². The van der Waals surface area contributed by atoms with E-state index in [2.05, 4.69) is 19.2 Å². The molecule has 0 radical (unpaired) electrons. The van der Waals surface area contributed by atoms with Crippen molar-refractivity contribution in [2.75, 3.05) is 19.7 Å². The third-order valence-electron chi connectivity index (χ3n) is 3.63.